The van der Waals surface area contributed by atoms with Crippen molar-refractivity contribution in [1.82, 2.24) is 15.1 Å². The molecule has 136 valence electrons. The van der Waals surface area contributed by atoms with Crippen molar-refractivity contribution < 1.29 is 24.6 Å². The van der Waals surface area contributed by atoms with Crippen LogP contribution < -0.4 is 5.32 Å². The molecule has 0 aliphatic carbocycles. The van der Waals surface area contributed by atoms with Crippen LogP contribution in [0, 0.1) is 17.2 Å². The van der Waals surface area contributed by atoms with Crippen LogP contribution in [0.2, 0.25) is 0 Å². The number of likely N-dealkylation sites (tertiary alicyclic amines) is 1. The summed E-state index contributed by atoms with van der Waals surface area (Å²) in [5, 5.41) is 29.8. The van der Waals surface area contributed by atoms with Gasteiger partial charge >= 0.3 is 5.97 Å². The molecule has 2 amide bonds. The van der Waals surface area contributed by atoms with Crippen LogP contribution in [0.15, 0.2) is 11.3 Å². The Morgan fingerprint density at radius 1 is 1.52 bits per heavy atom. The molecule has 0 saturated carbocycles. The van der Waals surface area contributed by atoms with E-state index in [-0.39, 0.29) is 35.9 Å². The smallest absolute Gasteiger partial charge is 0.352 e. The van der Waals surface area contributed by atoms with E-state index in [1.165, 1.54) is 4.90 Å². The number of rotatable bonds is 6. The molecule has 0 unspecified atom stereocenters. The summed E-state index contributed by atoms with van der Waals surface area (Å²) in [6, 6.07) is -0.279. The van der Waals surface area contributed by atoms with Gasteiger partial charge in [0, 0.05) is 19.0 Å². The third-order valence-electron chi connectivity index (χ3n) is 5.38. The third-order valence-corrected chi connectivity index (χ3v) is 5.38. The first-order chi connectivity index (χ1) is 11.9. The molecular formula is C16H22N4O5. The summed E-state index contributed by atoms with van der Waals surface area (Å²) in [4.78, 5) is 37.4. The van der Waals surface area contributed by atoms with Crippen molar-refractivity contribution in [3.8, 4) is 0 Å². The highest BCUT2D eigenvalue weighted by atomic mass is 16.4. The van der Waals surface area contributed by atoms with Crippen molar-refractivity contribution >= 4 is 24.1 Å². The highest BCUT2D eigenvalue weighted by molar-refractivity contribution is 5.99. The highest BCUT2D eigenvalue weighted by Crippen LogP contribution is 2.47. The van der Waals surface area contributed by atoms with Gasteiger partial charge in [-0.2, -0.15) is 0 Å². The van der Waals surface area contributed by atoms with E-state index >= 15 is 0 Å². The lowest BCUT2D eigenvalue weighted by molar-refractivity contribution is -0.161. The second-order valence-electron chi connectivity index (χ2n) is 6.80. The molecule has 4 N–H and O–H groups in total. The average Bonchev–Trinajstić information content (AvgIpc) is 3.14. The van der Waals surface area contributed by atoms with Crippen LogP contribution in [0.25, 0.3) is 0 Å². The van der Waals surface area contributed by atoms with Gasteiger partial charge in [-0.25, -0.2) is 4.79 Å². The van der Waals surface area contributed by atoms with Crippen molar-refractivity contribution in [2.75, 3.05) is 19.6 Å². The summed E-state index contributed by atoms with van der Waals surface area (Å²) in [7, 11) is 0. The number of carbonyl (C=O) groups is 3. The van der Waals surface area contributed by atoms with E-state index in [0.29, 0.717) is 32.3 Å². The number of nitrogens with one attached hydrogen (secondary N) is 2. The minimum Gasteiger partial charge on any atom is -0.477 e. The van der Waals surface area contributed by atoms with E-state index in [1.54, 1.807) is 6.92 Å². The van der Waals surface area contributed by atoms with Gasteiger partial charge in [-0.15, -0.1) is 0 Å². The molecule has 0 aromatic rings. The Balaban J connectivity index is 1.76. The molecule has 3 aliphatic rings. The first-order valence-electron chi connectivity index (χ1n) is 8.33. The molecule has 3 heterocycles. The van der Waals surface area contributed by atoms with E-state index < -0.39 is 18.0 Å². The van der Waals surface area contributed by atoms with Gasteiger partial charge in [-0.05, 0) is 25.3 Å². The molecular weight excluding hydrogens is 328 g/mol. The fraction of sp³-hybridized carbons (Fsp3) is 0.625. The lowest BCUT2D eigenvalue weighted by atomic mass is 9.82. The second kappa shape index (κ2) is 6.47. The molecule has 9 nitrogen and oxygen atoms in total. The highest BCUT2D eigenvalue weighted by Gasteiger charge is 2.57. The van der Waals surface area contributed by atoms with Crippen molar-refractivity contribution in [3.05, 3.63) is 11.3 Å². The summed E-state index contributed by atoms with van der Waals surface area (Å²) < 4.78 is 0. The molecule has 3 rings (SSSR count). The molecule has 0 aromatic heterocycles. The van der Waals surface area contributed by atoms with Gasteiger partial charge in [0.05, 0.1) is 24.6 Å². The first kappa shape index (κ1) is 17.4. The van der Waals surface area contributed by atoms with E-state index in [2.05, 4.69) is 5.32 Å². The lowest BCUT2D eigenvalue weighted by Crippen LogP contribution is -2.61. The maximum Gasteiger partial charge on any atom is 0.352 e. The minimum atomic E-state index is -1.12. The minimum absolute atomic E-state index is 0.0456. The van der Waals surface area contributed by atoms with Crippen molar-refractivity contribution in [2.45, 2.75) is 31.9 Å². The van der Waals surface area contributed by atoms with Crippen LogP contribution >= 0.6 is 0 Å². The van der Waals surface area contributed by atoms with Crippen LogP contribution in [0.5, 0.6) is 0 Å². The predicted molar refractivity (Wildman–Crippen MR) is 86.6 cm³/mol. The number of nitrogens with zero attached hydrogens (tertiary/aromatic N) is 2. The zero-order chi connectivity index (χ0) is 18.3. The number of amides is 2. The molecule has 2 fully saturated rings. The van der Waals surface area contributed by atoms with E-state index in [4.69, 9.17) is 5.41 Å². The quantitative estimate of drug-likeness (QED) is 0.210. The summed E-state index contributed by atoms with van der Waals surface area (Å²) in [6.45, 7) is 2.80. The number of β-lactam (4-membered cyclic amide) rings is 1. The predicted octanol–water partition coefficient (Wildman–Crippen LogP) is -1.02. The van der Waals surface area contributed by atoms with Crippen LogP contribution in [0.1, 0.15) is 19.8 Å². The van der Waals surface area contributed by atoms with E-state index in [9.17, 15) is 24.6 Å². The number of amidine groups is 1. The van der Waals surface area contributed by atoms with Gasteiger partial charge in [-0.1, -0.05) is 0 Å². The zero-order valence-electron chi connectivity index (χ0n) is 13.9. The molecule has 0 bridgehead atoms. The Kier molecular flexibility index (Phi) is 4.51. The zero-order valence-corrected chi connectivity index (χ0v) is 13.9. The van der Waals surface area contributed by atoms with Gasteiger partial charge in [0.15, 0.2) is 0 Å². The molecule has 4 atom stereocenters. The van der Waals surface area contributed by atoms with Crippen molar-refractivity contribution in [3.63, 3.8) is 0 Å². The lowest BCUT2D eigenvalue weighted by Gasteiger charge is -2.44. The van der Waals surface area contributed by atoms with E-state index in [1.807, 2.05) is 4.90 Å². The average molecular weight is 350 g/mol. The number of aliphatic carboxylic acids is 1. The number of hydrogen-bond acceptors (Lipinski definition) is 5. The maximum atomic E-state index is 12.2. The van der Waals surface area contributed by atoms with Crippen molar-refractivity contribution in [1.29, 1.82) is 5.41 Å². The Morgan fingerprint density at radius 2 is 2.24 bits per heavy atom. The van der Waals surface area contributed by atoms with Crippen LogP contribution in [0.4, 0.5) is 0 Å². The second-order valence-corrected chi connectivity index (χ2v) is 6.80. The monoisotopic (exact) mass is 350 g/mol. The molecule has 0 radical (unpaired) electrons. The topological polar surface area (TPSA) is 134 Å². The normalized spacial score (nSPS) is 29.4. The number of aliphatic hydroxyl groups is 1. The number of carbonyl (C=O) groups excluding carboxylic acids is 2. The van der Waals surface area contributed by atoms with Crippen molar-refractivity contribution in [2.24, 2.45) is 11.8 Å². The molecule has 0 spiro atoms. The molecule has 0 aromatic carbocycles. The molecule has 3 aliphatic heterocycles. The number of carboxylic acid groups (broad SMARTS) is 1. The SMILES string of the molecule is C[C@@H](O)[C@H]1C(=O)N2C(C(=O)O)=C([C@@H]3CCN(C(=N)CNC=O)C3)C[C@H]12. The Morgan fingerprint density at radius 3 is 2.84 bits per heavy atom. The van der Waals surface area contributed by atoms with Crippen LogP contribution in [-0.4, -0.2) is 75.9 Å². The Hall–Kier alpha value is -2.42. The summed E-state index contributed by atoms with van der Waals surface area (Å²) in [5.74, 6) is -1.75. The molecule has 9 heteroatoms. The molecule has 25 heavy (non-hydrogen) atoms. The fourth-order valence-electron chi connectivity index (χ4n) is 4.21. The number of hydrogen-bond donors (Lipinski definition) is 4. The number of fused-ring (bicyclic) bond motifs is 1. The van der Waals surface area contributed by atoms with Gasteiger partial charge in [0.25, 0.3) is 0 Å². The van der Waals surface area contributed by atoms with E-state index in [0.717, 1.165) is 5.57 Å². The number of aliphatic hydroxyl groups excluding tert-OH is 1. The van der Waals surface area contributed by atoms with Gasteiger partial charge in [0.2, 0.25) is 12.3 Å². The summed E-state index contributed by atoms with van der Waals surface area (Å²) >= 11 is 0. The Bertz CT molecular complexity index is 659. The van der Waals surface area contributed by atoms with Crippen LogP contribution in [0.3, 0.4) is 0 Å². The standard InChI is InChI=1S/C16H22N4O5/c1-8(22)13-11-4-10(14(16(24)25)20(11)15(13)23)9-2-3-19(6-9)12(17)5-18-7-21/h7-9,11,13,17,22H,2-6H2,1H3,(H,18,21)(H,24,25)/t8-,9-,11-,13-/m1/s1. The van der Waals surface area contributed by atoms with Crippen LogP contribution in [-0.2, 0) is 14.4 Å². The number of carboxylic acids is 1. The van der Waals surface area contributed by atoms with Gasteiger partial charge in [-0.3, -0.25) is 15.0 Å². The van der Waals surface area contributed by atoms with Gasteiger partial charge < -0.3 is 25.3 Å². The maximum absolute atomic E-state index is 12.2. The third kappa shape index (κ3) is 2.78. The first-order valence-corrected chi connectivity index (χ1v) is 8.33. The largest absolute Gasteiger partial charge is 0.477 e. The van der Waals surface area contributed by atoms with Gasteiger partial charge in [0.1, 0.15) is 11.5 Å². The summed E-state index contributed by atoms with van der Waals surface area (Å²) in [6.07, 6.45) is 0.896. The Labute approximate surface area is 144 Å². The molecule has 2 saturated heterocycles. The summed E-state index contributed by atoms with van der Waals surface area (Å²) in [5.41, 5.74) is 0.781. The fourth-order valence-corrected chi connectivity index (χ4v) is 4.21.